The lowest BCUT2D eigenvalue weighted by Gasteiger charge is -2.58. The fourth-order valence-electron chi connectivity index (χ4n) is 5.45. The Balaban J connectivity index is 2.05. The summed E-state index contributed by atoms with van der Waals surface area (Å²) in [6, 6.07) is 0. The Labute approximate surface area is 110 Å². The topological polar surface area (TPSA) is 53.0 Å². The molecule has 0 amide bonds. The van der Waals surface area contributed by atoms with Gasteiger partial charge in [0, 0.05) is 12.5 Å². The Hall–Kier alpha value is -0.120. The molecule has 2 N–H and O–H groups in total. The number of hydrogen-bond donors (Lipinski definition) is 2. The molecule has 104 valence electrons. The van der Waals surface area contributed by atoms with Crippen LogP contribution in [0.15, 0.2) is 0 Å². The molecule has 0 aromatic rings. The zero-order chi connectivity index (χ0) is 13.3. The summed E-state index contributed by atoms with van der Waals surface area (Å²) in [7, 11) is 0. The minimum absolute atomic E-state index is 0.00231. The molecule has 3 aliphatic rings. The number of hydrogen-bond acceptors (Lipinski definition) is 3. The summed E-state index contributed by atoms with van der Waals surface area (Å²) >= 11 is 0. The van der Waals surface area contributed by atoms with Crippen LogP contribution in [-0.2, 0) is 4.74 Å². The van der Waals surface area contributed by atoms with Crippen LogP contribution in [0.2, 0.25) is 0 Å². The molecule has 2 aliphatic carbocycles. The first kappa shape index (κ1) is 12.9. The number of epoxide rings is 1. The van der Waals surface area contributed by atoms with Gasteiger partial charge in [0.2, 0.25) is 0 Å². The fourth-order valence-corrected chi connectivity index (χ4v) is 5.45. The van der Waals surface area contributed by atoms with Crippen LogP contribution < -0.4 is 0 Å². The summed E-state index contributed by atoms with van der Waals surface area (Å²) in [5, 5.41) is 20.6. The van der Waals surface area contributed by atoms with Crippen LogP contribution in [0.1, 0.15) is 47.0 Å². The van der Waals surface area contributed by atoms with Crippen LogP contribution in [0.3, 0.4) is 0 Å². The van der Waals surface area contributed by atoms with E-state index >= 15 is 0 Å². The molecule has 3 heteroatoms. The molecule has 0 spiro atoms. The molecule has 1 heterocycles. The molecule has 3 fully saturated rings. The maximum absolute atomic E-state index is 10.7. The lowest BCUT2D eigenvalue weighted by molar-refractivity contribution is -0.162. The first-order valence-corrected chi connectivity index (χ1v) is 7.24. The van der Waals surface area contributed by atoms with E-state index in [4.69, 9.17) is 4.74 Å². The normalized spacial score (nSPS) is 57.7. The molecule has 6 atom stereocenters. The van der Waals surface area contributed by atoms with Crippen molar-refractivity contribution in [3.63, 3.8) is 0 Å². The van der Waals surface area contributed by atoms with Crippen LogP contribution in [0.5, 0.6) is 0 Å². The van der Waals surface area contributed by atoms with Crippen LogP contribution in [0.4, 0.5) is 0 Å². The van der Waals surface area contributed by atoms with Crippen molar-refractivity contribution in [3.05, 3.63) is 0 Å². The molecule has 3 rings (SSSR count). The SMILES string of the molecule is CC1(C)CCC[C@@]2(C)[C@H]1[C@H]1O[C@H]1[C@](C)(O)[C@@H]2CO. The van der Waals surface area contributed by atoms with Gasteiger partial charge < -0.3 is 14.9 Å². The predicted octanol–water partition coefficient (Wildman–Crippen LogP) is 1.96. The highest BCUT2D eigenvalue weighted by molar-refractivity contribution is 5.20. The van der Waals surface area contributed by atoms with E-state index in [1.54, 1.807) is 0 Å². The number of rotatable bonds is 1. The summed E-state index contributed by atoms with van der Waals surface area (Å²) < 4.78 is 5.83. The molecule has 0 aromatic heterocycles. The highest BCUT2D eigenvalue weighted by Crippen LogP contribution is 2.66. The van der Waals surface area contributed by atoms with E-state index in [-0.39, 0.29) is 35.6 Å². The van der Waals surface area contributed by atoms with Crippen molar-refractivity contribution >= 4 is 0 Å². The second-order valence-electron chi connectivity index (χ2n) is 7.81. The van der Waals surface area contributed by atoms with Crippen molar-refractivity contribution in [2.45, 2.75) is 64.8 Å². The van der Waals surface area contributed by atoms with Crippen molar-refractivity contribution in [2.75, 3.05) is 6.61 Å². The molecule has 3 nitrogen and oxygen atoms in total. The molecule has 0 unspecified atom stereocenters. The van der Waals surface area contributed by atoms with Crippen molar-refractivity contribution in [1.29, 1.82) is 0 Å². The number of fused-ring (bicyclic) bond motifs is 3. The standard InChI is InChI=1S/C15H26O3/c1-13(2)6-5-7-14(3)9(8-16)15(4,17)12-10(18-12)11(13)14/h9-12,16-17H,5-8H2,1-4H3/t9-,10-,11+,12-,14-,15-/m1/s1. The molecule has 1 saturated heterocycles. The maximum atomic E-state index is 10.7. The van der Waals surface area contributed by atoms with Gasteiger partial charge in [-0.25, -0.2) is 0 Å². The van der Waals surface area contributed by atoms with Crippen LogP contribution >= 0.6 is 0 Å². The van der Waals surface area contributed by atoms with Crippen molar-refractivity contribution < 1.29 is 14.9 Å². The minimum atomic E-state index is -0.877. The molecule has 1 aliphatic heterocycles. The van der Waals surface area contributed by atoms with Crippen LogP contribution in [0, 0.1) is 22.7 Å². The third-order valence-electron chi connectivity index (χ3n) is 6.20. The Kier molecular flexibility index (Phi) is 2.51. The van der Waals surface area contributed by atoms with Gasteiger partial charge in [0.1, 0.15) is 6.10 Å². The van der Waals surface area contributed by atoms with Crippen LogP contribution in [-0.4, -0.2) is 34.6 Å². The van der Waals surface area contributed by atoms with Gasteiger partial charge in [0.25, 0.3) is 0 Å². The van der Waals surface area contributed by atoms with Crippen LogP contribution in [0.25, 0.3) is 0 Å². The Morgan fingerprint density at radius 1 is 1.17 bits per heavy atom. The molecule has 0 aromatic carbocycles. The fraction of sp³-hybridized carbons (Fsp3) is 1.00. The number of aliphatic hydroxyl groups is 2. The zero-order valence-electron chi connectivity index (χ0n) is 11.9. The zero-order valence-corrected chi connectivity index (χ0v) is 11.9. The largest absolute Gasteiger partial charge is 0.396 e. The maximum Gasteiger partial charge on any atom is 0.113 e. The molecule has 0 radical (unpaired) electrons. The second-order valence-corrected chi connectivity index (χ2v) is 7.81. The first-order valence-electron chi connectivity index (χ1n) is 7.24. The monoisotopic (exact) mass is 254 g/mol. The average Bonchev–Trinajstić information content (AvgIpc) is 2.95. The van der Waals surface area contributed by atoms with Crippen molar-refractivity contribution in [1.82, 2.24) is 0 Å². The smallest absolute Gasteiger partial charge is 0.113 e. The summed E-state index contributed by atoms with van der Waals surface area (Å²) in [4.78, 5) is 0. The van der Waals surface area contributed by atoms with Gasteiger partial charge in [-0.05, 0) is 36.5 Å². The third-order valence-corrected chi connectivity index (χ3v) is 6.20. The predicted molar refractivity (Wildman–Crippen MR) is 69.1 cm³/mol. The lowest BCUT2D eigenvalue weighted by Crippen LogP contribution is -2.62. The quantitative estimate of drug-likeness (QED) is 0.703. The van der Waals surface area contributed by atoms with Gasteiger partial charge in [-0.3, -0.25) is 0 Å². The van der Waals surface area contributed by atoms with E-state index in [9.17, 15) is 10.2 Å². The summed E-state index contributed by atoms with van der Waals surface area (Å²) in [5.41, 5.74) is -0.633. The number of aliphatic hydroxyl groups excluding tert-OH is 1. The van der Waals surface area contributed by atoms with Gasteiger partial charge in [-0.15, -0.1) is 0 Å². The van der Waals surface area contributed by atoms with E-state index in [1.807, 2.05) is 6.92 Å². The Bertz CT molecular complexity index is 363. The minimum Gasteiger partial charge on any atom is -0.396 e. The molecular formula is C15H26O3. The second kappa shape index (κ2) is 3.50. The summed E-state index contributed by atoms with van der Waals surface area (Å²) in [6.07, 6.45) is 3.63. The number of ether oxygens (including phenoxy) is 1. The molecule has 0 bridgehead atoms. The van der Waals surface area contributed by atoms with Crippen molar-refractivity contribution in [3.8, 4) is 0 Å². The van der Waals surface area contributed by atoms with Gasteiger partial charge in [0.15, 0.2) is 0 Å². The Morgan fingerprint density at radius 3 is 2.44 bits per heavy atom. The highest BCUT2D eigenvalue weighted by Gasteiger charge is 2.72. The van der Waals surface area contributed by atoms with Gasteiger partial charge in [0.05, 0.1) is 11.7 Å². The van der Waals surface area contributed by atoms with E-state index in [2.05, 4.69) is 20.8 Å². The third kappa shape index (κ3) is 1.41. The highest BCUT2D eigenvalue weighted by atomic mass is 16.6. The van der Waals surface area contributed by atoms with Gasteiger partial charge in [-0.1, -0.05) is 27.2 Å². The van der Waals surface area contributed by atoms with Crippen molar-refractivity contribution in [2.24, 2.45) is 22.7 Å². The molecule has 2 saturated carbocycles. The molecule has 18 heavy (non-hydrogen) atoms. The van der Waals surface area contributed by atoms with E-state index in [1.165, 1.54) is 12.8 Å². The Morgan fingerprint density at radius 2 is 1.83 bits per heavy atom. The average molecular weight is 254 g/mol. The van der Waals surface area contributed by atoms with Gasteiger partial charge in [-0.2, -0.15) is 0 Å². The first-order chi connectivity index (χ1) is 8.25. The van der Waals surface area contributed by atoms with E-state index in [0.29, 0.717) is 5.92 Å². The summed E-state index contributed by atoms with van der Waals surface area (Å²) in [6.45, 7) is 8.81. The van der Waals surface area contributed by atoms with Gasteiger partial charge >= 0.3 is 0 Å². The van der Waals surface area contributed by atoms with E-state index in [0.717, 1.165) is 6.42 Å². The molecular weight excluding hydrogens is 228 g/mol. The van der Waals surface area contributed by atoms with E-state index < -0.39 is 5.60 Å². The summed E-state index contributed by atoms with van der Waals surface area (Å²) in [5.74, 6) is 0.388. The lowest BCUT2D eigenvalue weighted by atomic mass is 9.46.